The molecule has 7 heteroatoms. The molecule has 3 rings (SSSR count). The number of sulfonamides is 1. The van der Waals surface area contributed by atoms with Crippen molar-refractivity contribution < 1.29 is 13.2 Å². The minimum atomic E-state index is -3.43. The van der Waals surface area contributed by atoms with Crippen molar-refractivity contribution in [3.05, 3.63) is 103 Å². The molecule has 1 N–H and O–H groups in total. The molecule has 0 aliphatic heterocycles. The summed E-state index contributed by atoms with van der Waals surface area (Å²) in [7, 11) is -3.43. The van der Waals surface area contributed by atoms with Crippen LogP contribution in [0, 0.1) is 0 Å². The highest BCUT2D eigenvalue weighted by atomic mass is 32.2. The zero-order chi connectivity index (χ0) is 22.3. The third-order valence-corrected chi connectivity index (χ3v) is 6.72. The molecular weight excluding hydrogens is 428 g/mol. The topological polar surface area (TPSA) is 66.5 Å². The zero-order valence-electron chi connectivity index (χ0n) is 17.2. The third kappa shape index (κ3) is 6.47. The number of carbonyl (C=O) groups is 1. The highest BCUT2D eigenvalue weighted by Gasteiger charge is 2.16. The van der Waals surface area contributed by atoms with Crippen LogP contribution in [0.25, 0.3) is 0 Å². The number of amides is 1. The highest BCUT2D eigenvalue weighted by molar-refractivity contribution is 7.98. The Morgan fingerprint density at radius 2 is 1.65 bits per heavy atom. The first kappa shape index (κ1) is 22.7. The number of hydrogen-bond donors (Lipinski definition) is 1. The van der Waals surface area contributed by atoms with E-state index in [0.717, 1.165) is 12.0 Å². The summed E-state index contributed by atoms with van der Waals surface area (Å²) in [5.74, 6) is 0.592. The second-order valence-corrected chi connectivity index (χ2v) is 9.84. The lowest BCUT2D eigenvalue weighted by atomic mass is 10.1. The zero-order valence-corrected chi connectivity index (χ0v) is 18.8. The van der Waals surface area contributed by atoms with Gasteiger partial charge in [0.05, 0.1) is 18.5 Å². The molecule has 31 heavy (non-hydrogen) atoms. The summed E-state index contributed by atoms with van der Waals surface area (Å²) in [5.41, 5.74) is 2.80. The summed E-state index contributed by atoms with van der Waals surface area (Å²) in [5, 5.41) is 2.87. The van der Waals surface area contributed by atoms with Gasteiger partial charge < -0.3 is 5.32 Å². The number of nitrogens with zero attached hydrogens (tertiary/aromatic N) is 1. The van der Waals surface area contributed by atoms with E-state index >= 15 is 0 Å². The Morgan fingerprint density at radius 3 is 2.23 bits per heavy atom. The van der Waals surface area contributed by atoms with E-state index in [2.05, 4.69) is 24.0 Å². The van der Waals surface area contributed by atoms with Gasteiger partial charge in [0.15, 0.2) is 0 Å². The smallest absolute Gasteiger partial charge is 0.255 e. The summed E-state index contributed by atoms with van der Waals surface area (Å²) in [4.78, 5) is 13.8. The Bertz CT molecular complexity index is 1130. The molecule has 3 aromatic carbocycles. The number of anilines is 2. The minimum absolute atomic E-state index is 0.166. The first-order valence-corrected chi connectivity index (χ1v) is 12.5. The maximum Gasteiger partial charge on any atom is 0.255 e. The van der Waals surface area contributed by atoms with Crippen LogP contribution in [-0.2, 0) is 15.8 Å². The predicted molar refractivity (Wildman–Crippen MR) is 129 cm³/mol. The fraction of sp³-hybridized carbons (Fsp3) is 0.125. The Labute approximate surface area is 187 Å². The standard InChI is InChI=1S/C24H24N2O3S2/c1-3-17-26(31(2,28)29)22-15-11-20(12-16-22)24(27)25-21-13-9-19(10-14-21)18-30-23-7-5-4-6-8-23/h3-16H,1,17-18H2,2H3,(H,25,27). The summed E-state index contributed by atoms with van der Waals surface area (Å²) in [6.07, 6.45) is 2.66. The lowest BCUT2D eigenvalue weighted by molar-refractivity contribution is 0.102. The molecular formula is C24H24N2O3S2. The Balaban J connectivity index is 1.61. The van der Waals surface area contributed by atoms with Gasteiger partial charge in [0.1, 0.15) is 0 Å². The molecule has 0 spiro atoms. The number of hydrogen-bond acceptors (Lipinski definition) is 4. The van der Waals surface area contributed by atoms with Crippen LogP contribution >= 0.6 is 11.8 Å². The summed E-state index contributed by atoms with van der Waals surface area (Å²) >= 11 is 1.76. The van der Waals surface area contributed by atoms with Gasteiger partial charge in [0, 0.05) is 21.9 Å². The molecule has 0 bridgehead atoms. The molecule has 0 aromatic heterocycles. The van der Waals surface area contributed by atoms with Crippen LogP contribution < -0.4 is 9.62 Å². The number of rotatable bonds is 9. The van der Waals surface area contributed by atoms with Crippen LogP contribution in [0.15, 0.2) is 96.4 Å². The van der Waals surface area contributed by atoms with Crippen LogP contribution in [0.1, 0.15) is 15.9 Å². The van der Waals surface area contributed by atoms with Crippen LogP contribution in [0.4, 0.5) is 11.4 Å². The summed E-state index contributed by atoms with van der Waals surface area (Å²) in [6.45, 7) is 3.76. The molecule has 0 saturated heterocycles. The molecule has 0 saturated carbocycles. The fourth-order valence-electron chi connectivity index (χ4n) is 2.90. The summed E-state index contributed by atoms with van der Waals surface area (Å²) in [6, 6.07) is 24.4. The van der Waals surface area contributed by atoms with Crippen molar-refractivity contribution in [2.45, 2.75) is 10.6 Å². The summed E-state index contributed by atoms with van der Waals surface area (Å²) < 4.78 is 25.1. The van der Waals surface area contributed by atoms with E-state index < -0.39 is 10.0 Å². The lowest BCUT2D eigenvalue weighted by Crippen LogP contribution is -2.29. The average molecular weight is 453 g/mol. The van der Waals surface area contributed by atoms with Crippen LogP contribution in [0.2, 0.25) is 0 Å². The van der Waals surface area contributed by atoms with Crippen molar-refractivity contribution in [3.63, 3.8) is 0 Å². The van der Waals surface area contributed by atoms with Gasteiger partial charge in [-0.1, -0.05) is 36.4 Å². The molecule has 0 aliphatic rings. The first-order chi connectivity index (χ1) is 14.9. The molecule has 0 aliphatic carbocycles. The van der Waals surface area contributed by atoms with E-state index in [1.807, 2.05) is 42.5 Å². The Kier molecular flexibility index (Phi) is 7.55. The van der Waals surface area contributed by atoms with E-state index in [9.17, 15) is 13.2 Å². The Hall–Kier alpha value is -3.03. The normalized spacial score (nSPS) is 11.0. The first-order valence-electron chi connectivity index (χ1n) is 9.63. The molecule has 3 aromatic rings. The van der Waals surface area contributed by atoms with Crippen molar-refractivity contribution in [1.29, 1.82) is 0 Å². The fourth-order valence-corrected chi connectivity index (χ4v) is 4.66. The largest absolute Gasteiger partial charge is 0.322 e. The molecule has 5 nitrogen and oxygen atoms in total. The Morgan fingerprint density at radius 1 is 1.00 bits per heavy atom. The van der Waals surface area contributed by atoms with Crippen molar-refractivity contribution in [2.75, 3.05) is 22.4 Å². The second-order valence-electron chi connectivity index (χ2n) is 6.88. The van der Waals surface area contributed by atoms with Gasteiger partial charge in [-0.25, -0.2) is 8.42 Å². The number of nitrogens with one attached hydrogen (secondary N) is 1. The average Bonchev–Trinajstić information content (AvgIpc) is 2.77. The van der Waals surface area contributed by atoms with Crippen LogP contribution in [0.5, 0.6) is 0 Å². The minimum Gasteiger partial charge on any atom is -0.322 e. The van der Waals surface area contributed by atoms with Gasteiger partial charge in [0.25, 0.3) is 5.91 Å². The van der Waals surface area contributed by atoms with Crippen molar-refractivity contribution in [1.82, 2.24) is 0 Å². The van der Waals surface area contributed by atoms with Gasteiger partial charge in [-0.3, -0.25) is 9.10 Å². The van der Waals surface area contributed by atoms with Gasteiger partial charge in [-0.2, -0.15) is 0 Å². The molecule has 0 fully saturated rings. The van der Waals surface area contributed by atoms with Crippen molar-refractivity contribution in [2.24, 2.45) is 0 Å². The van der Waals surface area contributed by atoms with E-state index in [1.165, 1.54) is 20.8 Å². The molecule has 0 atom stereocenters. The van der Waals surface area contributed by atoms with Crippen molar-refractivity contribution >= 4 is 39.1 Å². The molecule has 160 valence electrons. The van der Waals surface area contributed by atoms with Gasteiger partial charge in [-0.15, -0.1) is 18.3 Å². The van der Waals surface area contributed by atoms with Gasteiger partial charge in [-0.05, 0) is 54.1 Å². The maximum atomic E-state index is 12.6. The number of carbonyl (C=O) groups excluding carboxylic acids is 1. The van der Waals surface area contributed by atoms with Crippen LogP contribution in [-0.4, -0.2) is 27.1 Å². The van der Waals surface area contributed by atoms with Gasteiger partial charge in [0.2, 0.25) is 10.0 Å². The molecule has 0 radical (unpaired) electrons. The van der Waals surface area contributed by atoms with E-state index in [1.54, 1.807) is 36.0 Å². The number of benzene rings is 3. The molecule has 0 heterocycles. The lowest BCUT2D eigenvalue weighted by Gasteiger charge is -2.20. The number of thioether (sulfide) groups is 1. The highest BCUT2D eigenvalue weighted by Crippen LogP contribution is 2.23. The van der Waals surface area contributed by atoms with Crippen LogP contribution in [0.3, 0.4) is 0 Å². The van der Waals surface area contributed by atoms with Gasteiger partial charge >= 0.3 is 0 Å². The molecule has 0 unspecified atom stereocenters. The van der Waals surface area contributed by atoms with E-state index in [0.29, 0.717) is 16.9 Å². The maximum absolute atomic E-state index is 12.6. The molecule has 1 amide bonds. The van der Waals surface area contributed by atoms with E-state index in [4.69, 9.17) is 0 Å². The predicted octanol–water partition coefficient (Wildman–Crippen LogP) is 5.18. The SMILES string of the molecule is C=CCN(c1ccc(C(=O)Nc2ccc(CSc3ccccc3)cc2)cc1)S(C)(=O)=O. The van der Waals surface area contributed by atoms with E-state index in [-0.39, 0.29) is 12.5 Å². The second kappa shape index (κ2) is 10.3. The van der Waals surface area contributed by atoms with Crippen molar-refractivity contribution in [3.8, 4) is 0 Å². The quantitative estimate of drug-likeness (QED) is 0.359. The monoisotopic (exact) mass is 452 g/mol. The third-order valence-electron chi connectivity index (χ3n) is 4.47.